The molecule has 0 radical (unpaired) electrons. The highest BCUT2D eigenvalue weighted by atomic mass is 35.5. The lowest BCUT2D eigenvalue weighted by atomic mass is 10.3. The molecule has 0 atom stereocenters. The van der Waals surface area contributed by atoms with Crippen molar-refractivity contribution in [3.8, 4) is 0 Å². The van der Waals surface area contributed by atoms with Crippen LogP contribution in [0.1, 0.15) is 10.4 Å². The fourth-order valence-electron chi connectivity index (χ4n) is 1.13. The van der Waals surface area contributed by atoms with Gasteiger partial charge in [0.25, 0.3) is 5.91 Å². The van der Waals surface area contributed by atoms with Crippen LogP contribution in [-0.2, 0) is 14.3 Å². The highest BCUT2D eigenvalue weighted by Gasteiger charge is 2.14. The van der Waals surface area contributed by atoms with Gasteiger partial charge in [-0.1, -0.05) is 11.6 Å². The molecule has 0 fully saturated rings. The predicted molar refractivity (Wildman–Crippen MR) is 71.2 cm³/mol. The summed E-state index contributed by atoms with van der Waals surface area (Å²) in [6.45, 7) is -0.651. The van der Waals surface area contributed by atoms with Gasteiger partial charge in [-0.25, -0.2) is 9.78 Å². The Balaban J connectivity index is 2.40. The fraction of sp³-hybridized carbons (Fsp3) is 0.333. The van der Waals surface area contributed by atoms with E-state index in [1.807, 2.05) is 0 Å². The third-order valence-electron chi connectivity index (χ3n) is 2.25. The summed E-state index contributed by atoms with van der Waals surface area (Å²) in [6.07, 6.45) is 1.43. The third kappa shape index (κ3) is 4.85. The van der Waals surface area contributed by atoms with Crippen molar-refractivity contribution in [3.05, 3.63) is 29.0 Å². The van der Waals surface area contributed by atoms with E-state index in [1.54, 1.807) is 14.1 Å². The number of aromatic nitrogens is 1. The van der Waals surface area contributed by atoms with Crippen LogP contribution in [-0.4, -0.2) is 54.9 Å². The van der Waals surface area contributed by atoms with Crippen LogP contribution in [0.5, 0.6) is 0 Å². The molecule has 0 aliphatic rings. The maximum absolute atomic E-state index is 11.6. The summed E-state index contributed by atoms with van der Waals surface area (Å²) in [4.78, 5) is 39.3. The van der Waals surface area contributed by atoms with Crippen molar-refractivity contribution in [3.63, 3.8) is 0 Å². The van der Waals surface area contributed by atoms with E-state index in [2.05, 4.69) is 10.3 Å². The average molecular weight is 300 g/mol. The van der Waals surface area contributed by atoms with E-state index in [9.17, 15) is 14.4 Å². The zero-order chi connectivity index (χ0) is 15.1. The van der Waals surface area contributed by atoms with Gasteiger partial charge in [0.1, 0.15) is 5.15 Å². The highest BCUT2D eigenvalue weighted by Crippen LogP contribution is 2.12. The van der Waals surface area contributed by atoms with Crippen LogP contribution >= 0.6 is 11.6 Å². The summed E-state index contributed by atoms with van der Waals surface area (Å²) in [7, 11) is 3.14. The van der Waals surface area contributed by atoms with Crippen molar-refractivity contribution in [2.75, 3.05) is 27.2 Å². The first-order chi connectivity index (χ1) is 9.41. The first-order valence-corrected chi connectivity index (χ1v) is 6.04. The number of likely N-dealkylation sites (N-methyl/N-ethyl adjacent to an activating group) is 1. The smallest absolute Gasteiger partial charge is 0.341 e. The normalized spacial score (nSPS) is 9.75. The van der Waals surface area contributed by atoms with Crippen LogP contribution in [0.25, 0.3) is 0 Å². The van der Waals surface area contributed by atoms with Crippen LogP contribution in [0.2, 0.25) is 5.15 Å². The van der Waals surface area contributed by atoms with Gasteiger partial charge in [0.05, 0.1) is 12.1 Å². The Hall–Kier alpha value is -2.15. The molecule has 20 heavy (non-hydrogen) atoms. The number of esters is 1. The molecule has 0 saturated carbocycles. The Morgan fingerprint density at radius 1 is 1.40 bits per heavy atom. The van der Waals surface area contributed by atoms with Gasteiger partial charge in [-0.2, -0.15) is 0 Å². The minimum Gasteiger partial charge on any atom is -0.452 e. The lowest BCUT2D eigenvalue weighted by Gasteiger charge is -2.11. The monoisotopic (exact) mass is 299 g/mol. The number of ether oxygens (including phenoxy) is 1. The molecule has 0 aliphatic carbocycles. The SMILES string of the molecule is CN(C)C(=O)CNC(=O)COC(=O)c1cccnc1Cl. The maximum Gasteiger partial charge on any atom is 0.341 e. The van der Waals surface area contributed by atoms with Crippen LogP contribution in [0.3, 0.4) is 0 Å². The van der Waals surface area contributed by atoms with Crippen molar-refractivity contribution >= 4 is 29.4 Å². The molecular weight excluding hydrogens is 286 g/mol. The molecule has 108 valence electrons. The zero-order valence-corrected chi connectivity index (χ0v) is 11.8. The molecule has 7 nitrogen and oxygen atoms in total. The summed E-state index contributed by atoms with van der Waals surface area (Å²) < 4.78 is 4.76. The van der Waals surface area contributed by atoms with E-state index < -0.39 is 18.5 Å². The quantitative estimate of drug-likeness (QED) is 0.615. The molecule has 2 amide bonds. The topological polar surface area (TPSA) is 88.6 Å². The van der Waals surface area contributed by atoms with E-state index in [4.69, 9.17) is 16.3 Å². The number of pyridine rings is 1. The van der Waals surface area contributed by atoms with E-state index in [-0.39, 0.29) is 23.2 Å². The number of hydrogen-bond acceptors (Lipinski definition) is 5. The number of amides is 2. The Labute approximate surface area is 120 Å². The molecule has 1 aromatic rings. The van der Waals surface area contributed by atoms with Crippen LogP contribution in [0, 0.1) is 0 Å². The molecule has 0 saturated heterocycles. The Morgan fingerprint density at radius 2 is 2.10 bits per heavy atom. The lowest BCUT2D eigenvalue weighted by molar-refractivity contribution is -0.131. The maximum atomic E-state index is 11.6. The number of nitrogens with zero attached hydrogens (tertiary/aromatic N) is 2. The van der Waals surface area contributed by atoms with Crippen molar-refractivity contribution in [1.29, 1.82) is 0 Å². The van der Waals surface area contributed by atoms with Gasteiger partial charge in [0.15, 0.2) is 6.61 Å². The summed E-state index contributed by atoms with van der Waals surface area (Å²) in [5, 5.41) is 2.33. The molecule has 0 aliphatic heterocycles. The molecule has 8 heteroatoms. The summed E-state index contributed by atoms with van der Waals surface area (Å²) >= 11 is 5.71. The van der Waals surface area contributed by atoms with Crippen molar-refractivity contribution in [2.45, 2.75) is 0 Å². The van der Waals surface area contributed by atoms with Gasteiger partial charge in [-0.05, 0) is 12.1 Å². The molecule has 1 rings (SSSR count). The van der Waals surface area contributed by atoms with E-state index in [0.717, 1.165) is 0 Å². The zero-order valence-electron chi connectivity index (χ0n) is 11.1. The standard InChI is InChI=1S/C12H14ClN3O4/c1-16(2)10(18)6-15-9(17)7-20-12(19)8-4-3-5-14-11(8)13/h3-5H,6-7H2,1-2H3,(H,15,17). The minimum absolute atomic E-state index is 0.000642. The lowest BCUT2D eigenvalue weighted by Crippen LogP contribution is -2.38. The molecule has 0 bridgehead atoms. The average Bonchev–Trinajstić information content (AvgIpc) is 2.42. The number of rotatable bonds is 5. The molecule has 0 aromatic carbocycles. The molecule has 1 heterocycles. The van der Waals surface area contributed by atoms with Crippen LogP contribution in [0.15, 0.2) is 18.3 Å². The first kappa shape index (κ1) is 15.9. The number of halogens is 1. The van der Waals surface area contributed by atoms with Crippen molar-refractivity contribution in [1.82, 2.24) is 15.2 Å². The number of carbonyl (C=O) groups is 3. The van der Waals surface area contributed by atoms with Gasteiger partial charge in [0.2, 0.25) is 5.91 Å². The second-order valence-corrected chi connectivity index (χ2v) is 4.34. The Kier molecular flexibility index (Phi) is 5.92. The fourth-order valence-corrected chi connectivity index (χ4v) is 1.33. The number of nitrogens with one attached hydrogen (secondary N) is 1. The van der Waals surface area contributed by atoms with Crippen LogP contribution in [0.4, 0.5) is 0 Å². The summed E-state index contributed by atoms with van der Waals surface area (Å²) in [5.41, 5.74) is 0.0753. The Morgan fingerprint density at radius 3 is 2.70 bits per heavy atom. The third-order valence-corrected chi connectivity index (χ3v) is 2.55. The van der Waals surface area contributed by atoms with Gasteiger partial charge >= 0.3 is 5.97 Å². The number of hydrogen-bond donors (Lipinski definition) is 1. The van der Waals surface area contributed by atoms with E-state index in [1.165, 1.54) is 23.2 Å². The molecule has 0 unspecified atom stereocenters. The minimum atomic E-state index is -0.753. The van der Waals surface area contributed by atoms with Crippen molar-refractivity contribution in [2.24, 2.45) is 0 Å². The van der Waals surface area contributed by atoms with Gasteiger partial charge in [-0.3, -0.25) is 9.59 Å². The summed E-state index contributed by atoms with van der Waals surface area (Å²) in [6, 6.07) is 2.96. The molecule has 1 aromatic heterocycles. The second kappa shape index (κ2) is 7.44. The largest absolute Gasteiger partial charge is 0.452 e. The second-order valence-electron chi connectivity index (χ2n) is 3.98. The molecule has 0 spiro atoms. The van der Waals surface area contributed by atoms with Gasteiger partial charge < -0.3 is 15.0 Å². The summed E-state index contributed by atoms with van der Waals surface area (Å²) in [5.74, 6) is -1.59. The Bertz CT molecular complexity index is 519. The van der Waals surface area contributed by atoms with Gasteiger partial charge in [0, 0.05) is 20.3 Å². The van der Waals surface area contributed by atoms with E-state index >= 15 is 0 Å². The van der Waals surface area contributed by atoms with Crippen LogP contribution < -0.4 is 5.32 Å². The predicted octanol–water partition coefficient (Wildman–Crippen LogP) is 0.0962. The van der Waals surface area contributed by atoms with Gasteiger partial charge in [-0.15, -0.1) is 0 Å². The highest BCUT2D eigenvalue weighted by molar-refractivity contribution is 6.32. The van der Waals surface area contributed by atoms with Crippen molar-refractivity contribution < 1.29 is 19.1 Å². The van der Waals surface area contributed by atoms with E-state index in [0.29, 0.717) is 0 Å². The molecular formula is C12H14ClN3O4. The molecule has 1 N–H and O–H groups in total. The first-order valence-electron chi connectivity index (χ1n) is 5.66. The number of carbonyl (C=O) groups excluding carboxylic acids is 3.